The third-order valence-corrected chi connectivity index (χ3v) is 16.8. The second kappa shape index (κ2) is 14.0. The summed E-state index contributed by atoms with van der Waals surface area (Å²) in [5, 5.41) is 10.4. The molecule has 0 saturated heterocycles. The van der Waals surface area contributed by atoms with Gasteiger partial charge in [0.2, 0.25) is 7.28 Å². The summed E-state index contributed by atoms with van der Waals surface area (Å²) >= 11 is 1.98. The predicted molar refractivity (Wildman–Crippen MR) is 297 cm³/mol. The van der Waals surface area contributed by atoms with Crippen LogP contribution in [0, 0.1) is 0 Å². The van der Waals surface area contributed by atoms with Crippen molar-refractivity contribution in [2.75, 3.05) is 5.32 Å². The molecule has 0 saturated carbocycles. The molecule has 0 unspecified atom stereocenters. The van der Waals surface area contributed by atoms with Gasteiger partial charge in [-0.25, -0.2) is 0 Å². The lowest BCUT2D eigenvalue weighted by atomic mass is 9.61. The van der Waals surface area contributed by atoms with Crippen LogP contribution in [0.4, 0.5) is 11.4 Å². The fourth-order valence-electron chi connectivity index (χ4n) is 11.7. The standard InChI is InChI=1S/C63H63BN2OS/c1-59(2,3)34-19-24-38(25-20-34)65-46-33-49-41(39-26-21-37(62(10,11)12)31-48(39)67-49)32-42(46)52-51-40-17-15-16-18-45(40)63(13,14)54(51)53-43-29-35(60(4,5)6)22-27-47(43)66-56-44-30-36(61(7,8)9)23-28-50(44)68-58(56)64-55(52)57(53)66/h15-33,64-65H,1-14H3. The van der Waals surface area contributed by atoms with E-state index in [2.05, 4.69) is 222 Å². The molecule has 68 heavy (non-hydrogen) atoms. The van der Waals surface area contributed by atoms with Crippen LogP contribution in [0.15, 0.2) is 120 Å². The van der Waals surface area contributed by atoms with Gasteiger partial charge in [-0.15, -0.1) is 11.3 Å². The van der Waals surface area contributed by atoms with Gasteiger partial charge in [-0.05, 0) is 131 Å². The van der Waals surface area contributed by atoms with Crippen molar-refractivity contribution in [2.45, 2.75) is 124 Å². The molecule has 0 amide bonds. The highest BCUT2D eigenvalue weighted by molar-refractivity contribution is 7.29. The fraction of sp³-hybridized carbons (Fsp3) is 0.302. The van der Waals surface area contributed by atoms with Gasteiger partial charge in [0.15, 0.2) is 0 Å². The zero-order chi connectivity index (χ0) is 47.8. The number of anilines is 2. The van der Waals surface area contributed by atoms with Crippen molar-refractivity contribution < 1.29 is 4.42 Å². The van der Waals surface area contributed by atoms with Gasteiger partial charge in [0.25, 0.3) is 0 Å². The van der Waals surface area contributed by atoms with Crippen molar-refractivity contribution in [1.82, 2.24) is 4.57 Å². The van der Waals surface area contributed by atoms with Crippen LogP contribution in [-0.2, 0) is 27.1 Å². The molecule has 1 aliphatic carbocycles. The van der Waals surface area contributed by atoms with Gasteiger partial charge in [-0.3, -0.25) is 0 Å². The van der Waals surface area contributed by atoms with Gasteiger partial charge in [0.1, 0.15) is 11.2 Å². The minimum Gasteiger partial charge on any atom is -0.456 e. The first-order valence-corrected chi connectivity index (χ1v) is 25.5. The topological polar surface area (TPSA) is 30.1 Å². The Morgan fingerprint density at radius 3 is 1.85 bits per heavy atom. The number of fused-ring (bicyclic) bond motifs is 14. The highest BCUT2D eigenvalue weighted by Gasteiger charge is 2.43. The maximum absolute atomic E-state index is 6.91. The molecule has 0 fully saturated rings. The number of benzene rings is 7. The van der Waals surface area contributed by atoms with E-state index in [-0.39, 0.29) is 27.1 Å². The SMILES string of the molecule is CC(C)(C)c1ccc(Nc2cc3oc4cc(C(C)(C)C)ccc4c3cc2-c2c3c(c4c5cc(C(C)(C)C)ccc5n5c4c2Bc2sc4ccc(C(C)(C)C)cc4c2-5)C(C)(C)c2ccccc2-3)cc1. The molecule has 0 atom stereocenters. The molecule has 0 bridgehead atoms. The van der Waals surface area contributed by atoms with E-state index in [1.54, 1.807) is 0 Å². The number of rotatable bonds is 3. The average Bonchev–Trinajstić information content (AvgIpc) is 3.98. The molecular weight excluding hydrogens is 844 g/mol. The molecule has 1 N–H and O–H groups in total. The molecule has 12 rings (SSSR count). The first-order valence-electron chi connectivity index (χ1n) is 24.7. The van der Waals surface area contributed by atoms with Crippen LogP contribution < -0.4 is 15.6 Å². The molecule has 3 nitrogen and oxygen atoms in total. The second-order valence-electron chi connectivity index (χ2n) is 24.7. The Bertz CT molecular complexity index is 3790. The zero-order valence-corrected chi connectivity index (χ0v) is 43.3. The van der Waals surface area contributed by atoms with Crippen LogP contribution in [0.3, 0.4) is 0 Å². The molecular formula is C63H63BN2OS. The Labute approximate surface area is 406 Å². The highest BCUT2D eigenvalue weighted by Crippen LogP contribution is 2.58. The van der Waals surface area contributed by atoms with E-state index in [1.807, 2.05) is 11.3 Å². The molecule has 10 aromatic rings. The van der Waals surface area contributed by atoms with E-state index in [0.717, 1.165) is 40.6 Å². The summed E-state index contributed by atoms with van der Waals surface area (Å²) < 4.78 is 12.4. The van der Waals surface area contributed by atoms with Gasteiger partial charge >= 0.3 is 0 Å². The molecule has 2 aliphatic rings. The first-order chi connectivity index (χ1) is 32.0. The maximum atomic E-state index is 6.91. The van der Waals surface area contributed by atoms with Gasteiger partial charge in [-0.1, -0.05) is 158 Å². The Morgan fingerprint density at radius 2 is 1.16 bits per heavy atom. The minimum atomic E-state index is -0.279. The predicted octanol–water partition coefficient (Wildman–Crippen LogP) is 16.5. The van der Waals surface area contributed by atoms with Crippen molar-refractivity contribution in [3.05, 3.63) is 149 Å². The van der Waals surface area contributed by atoms with Crippen LogP contribution in [0.5, 0.6) is 0 Å². The summed E-state index contributed by atoms with van der Waals surface area (Å²) in [4.78, 5) is 0. The van der Waals surface area contributed by atoms with Gasteiger partial charge in [0, 0.05) is 59.9 Å². The van der Waals surface area contributed by atoms with Crippen LogP contribution in [-0.4, -0.2) is 11.8 Å². The molecule has 4 heterocycles. The maximum Gasteiger partial charge on any atom is 0.211 e. The van der Waals surface area contributed by atoms with E-state index >= 15 is 0 Å². The van der Waals surface area contributed by atoms with Crippen LogP contribution in [0.25, 0.3) is 81.8 Å². The number of aromatic nitrogens is 1. The van der Waals surface area contributed by atoms with E-state index < -0.39 is 0 Å². The van der Waals surface area contributed by atoms with Crippen molar-refractivity contribution in [2.24, 2.45) is 0 Å². The van der Waals surface area contributed by atoms with E-state index in [4.69, 9.17) is 4.42 Å². The van der Waals surface area contributed by atoms with E-state index in [0.29, 0.717) is 0 Å². The normalized spacial score (nSPS) is 14.6. The largest absolute Gasteiger partial charge is 0.456 e. The van der Waals surface area contributed by atoms with E-state index in [1.165, 1.54) is 103 Å². The van der Waals surface area contributed by atoms with Crippen molar-refractivity contribution >= 4 is 94.1 Å². The summed E-state index contributed by atoms with van der Waals surface area (Å²) in [6.07, 6.45) is 0. The molecule has 3 aromatic heterocycles. The summed E-state index contributed by atoms with van der Waals surface area (Å²) in [6.45, 7) is 32.7. The molecule has 1 aliphatic heterocycles. The fourth-order valence-corrected chi connectivity index (χ4v) is 12.9. The number of hydrogen-bond donors (Lipinski definition) is 1. The van der Waals surface area contributed by atoms with Gasteiger partial charge < -0.3 is 14.3 Å². The van der Waals surface area contributed by atoms with Crippen LogP contribution in [0.1, 0.15) is 130 Å². The van der Waals surface area contributed by atoms with Crippen molar-refractivity contribution in [3.8, 4) is 27.9 Å². The summed E-state index contributed by atoms with van der Waals surface area (Å²) in [5.41, 5.74) is 22.4. The highest BCUT2D eigenvalue weighted by atomic mass is 32.1. The summed E-state index contributed by atoms with van der Waals surface area (Å²) in [6, 6.07) is 44.6. The molecule has 7 aromatic carbocycles. The van der Waals surface area contributed by atoms with Gasteiger partial charge in [0.05, 0.1) is 16.9 Å². The summed E-state index contributed by atoms with van der Waals surface area (Å²) in [7, 11) is 0.836. The number of nitrogens with one attached hydrogen (secondary N) is 1. The summed E-state index contributed by atoms with van der Waals surface area (Å²) in [5.74, 6) is 0. The Morgan fingerprint density at radius 1 is 0.559 bits per heavy atom. The quantitative estimate of drug-likeness (QED) is 0.179. The van der Waals surface area contributed by atoms with Crippen molar-refractivity contribution in [1.29, 1.82) is 0 Å². The van der Waals surface area contributed by atoms with Crippen molar-refractivity contribution in [3.63, 3.8) is 0 Å². The monoisotopic (exact) mass is 906 g/mol. The lowest BCUT2D eigenvalue weighted by Gasteiger charge is -2.28. The third kappa shape index (κ3) is 6.30. The lowest BCUT2D eigenvalue weighted by Crippen LogP contribution is -2.36. The molecule has 340 valence electrons. The zero-order valence-electron chi connectivity index (χ0n) is 42.4. The second-order valence-corrected chi connectivity index (χ2v) is 25.9. The minimum absolute atomic E-state index is 0.00502. The molecule has 0 radical (unpaired) electrons. The smallest absolute Gasteiger partial charge is 0.211 e. The number of hydrogen-bond acceptors (Lipinski definition) is 3. The molecule has 5 heteroatoms. The number of furan rings is 1. The Kier molecular flexibility index (Phi) is 8.93. The first kappa shape index (κ1) is 43.3. The van der Waals surface area contributed by atoms with Gasteiger partial charge in [-0.2, -0.15) is 0 Å². The third-order valence-electron chi connectivity index (χ3n) is 15.6. The molecule has 0 spiro atoms. The Hall–Kier alpha value is -6.04. The van der Waals surface area contributed by atoms with E-state index in [9.17, 15) is 0 Å². The van der Waals surface area contributed by atoms with Crippen LogP contribution >= 0.6 is 11.3 Å². The number of nitrogens with zero attached hydrogens (tertiary/aromatic N) is 1. The lowest BCUT2D eigenvalue weighted by molar-refractivity contribution is 0.587. The van der Waals surface area contributed by atoms with Crippen LogP contribution in [0.2, 0.25) is 0 Å². The average molecular weight is 907 g/mol. The Balaban J connectivity index is 1.26. The number of thiophene rings is 1.